The van der Waals surface area contributed by atoms with E-state index in [0.29, 0.717) is 34.5 Å². The Morgan fingerprint density at radius 2 is 0.825 bits per heavy atom. The second-order valence-electron chi connectivity index (χ2n) is 17.6. The lowest BCUT2D eigenvalue weighted by Gasteiger charge is -2.55. The van der Waals surface area contributed by atoms with Gasteiger partial charge in [-0.1, -0.05) is 112 Å². The van der Waals surface area contributed by atoms with E-state index < -0.39 is 0 Å². The quantitative estimate of drug-likeness (QED) is 0.342. The molecule has 2 heteroatoms. The number of aliphatic hydroxyl groups is 2. The molecule has 5 aliphatic rings. The van der Waals surface area contributed by atoms with Crippen molar-refractivity contribution < 1.29 is 10.2 Å². The van der Waals surface area contributed by atoms with Gasteiger partial charge in [-0.2, -0.15) is 0 Å². The van der Waals surface area contributed by atoms with Crippen LogP contribution in [-0.4, -0.2) is 22.4 Å². The van der Waals surface area contributed by atoms with E-state index in [1.807, 2.05) is 0 Å². The summed E-state index contributed by atoms with van der Waals surface area (Å²) in [4.78, 5) is 0. The molecule has 0 aromatic rings. The van der Waals surface area contributed by atoms with E-state index in [0.717, 1.165) is 48.3 Å². The fraction of sp³-hybridized carbons (Fsp3) is 1.00. The van der Waals surface area contributed by atoms with Gasteiger partial charge in [0.2, 0.25) is 0 Å². The van der Waals surface area contributed by atoms with Crippen LogP contribution in [0.3, 0.4) is 0 Å². The molecule has 0 amide bonds. The Morgan fingerprint density at radius 3 is 1.20 bits per heavy atom. The Hall–Kier alpha value is -0.0800. The molecule has 0 bridgehead atoms. The zero-order valence-corrected chi connectivity index (χ0v) is 27.6. The van der Waals surface area contributed by atoms with Crippen molar-refractivity contribution in [1.29, 1.82) is 0 Å². The SMILES string of the molecule is CC1CC(O)C(C2CCCCC2)CC1C(C)(C)C1CCCC(C(C)(C)C2CC(C3CCCCC3)C(O)CC2C)C1. The van der Waals surface area contributed by atoms with Crippen LogP contribution in [0.2, 0.25) is 0 Å². The molecule has 5 saturated carbocycles. The zero-order valence-electron chi connectivity index (χ0n) is 27.6. The smallest absolute Gasteiger partial charge is 0.0573 e. The monoisotopic (exact) mass is 557 g/mol. The van der Waals surface area contributed by atoms with Gasteiger partial charge < -0.3 is 10.2 Å². The van der Waals surface area contributed by atoms with Crippen LogP contribution in [0, 0.1) is 70.0 Å². The summed E-state index contributed by atoms with van der Waals surface area (Å²) in [6.45, 7) is 15.5. The van der Waals surface area contributed by atoms with E-state index >= 15 is 0 Å². The highest BCUT2D eigenvalue weighted by Crippen LogP contribution is 2.58. The average Bonchev–Trinajstić information content (AvgIpc) is 2.94. The van der Waals surface area contributed by atoms with Crippen molar-refractivity contribution in [3.05, 3.63) is 0 Å². The van der Waals surface area contributed by atoms with Crippen LogP contribution >= 0.6 is 0 Å². The predicted molar refractivity (Wildman–Crippen MR) is 169 cm³/mol. The third-order valence-electron chi connectivity index (χ3n) is 14.8. The van der Waals surface area contributed by atoms with Gasteiger partial charge in [-0.05, 0) is 115 Å². The van der Waals surface area contributed by atoms with Crippen molar-refractivity contribution in [3.63, 3.8) is 0 Å². The summed E-state index contributed by atoms with van der Waals surface area (Å²) in [5, 5.41) is 22.4. The maximum atomic E-state index is 11.2. The van der Waals surface area contributed by atoms with E-state index in [2.05, 4.69) is 41.5 Å². The van der Waals surface area contributed by atoms with Crippen LogP contribution in [0.5, 0.6) is 0 Å². The van der Waals surface area contributed by atoms with E-state index in [1.165, 1.54) is 103 Å². The zero-order chi connectivity index (χ0) is 28.7. The van der Waals surface area contributed by atoms with E-state index in [9.17, 15) is 10.2 Å². The van der Waals surface area contributed by atoms with Gasteiger partial charge in [0.25, 0.3) is 0 Å². The maximum absolute atomic E-state index is 11.2. The molecular formula is C38H68O2. The number of aliphatic hydroxyl groups excluding tert-OH is 2. The lowest BCUT2D eigenvalue weighted by Crippen LogP contribution is -2.49. The molecule has 0 aromatic carbocycles. The lowest BCUT2D eigenvalue weighted by atomic mass is 9.50. The normalized spacial score (nSPS) is 43.5. The van der Waals surface area contributed by atoms with Crippen molar-refractivity contribution in [2.24, 2.45) is 70.0 Å². The molecule has 0 spiro atoms. The summed E-state index contributed by atoms with van der Waals surface area (Å²) in [5.41, 5.74) is 0.695. The molecule has 0 radical (unpaired) electrons. The molecular weight excluding hydrogens is 488 g/mol. The van der Waals surface area contributed by atoms with Gasteiger partial charge in [-0.15, -0.1) is 0 Å². The van der Waals surface area contributed by atoms with Crippen molar-refractivity contribution in [3.8, 4) is 0 Å². The highest BCUT2D eigenvalue weighted by molar-refractivity contribution is 5.01. The standard InChI is InChI=1S/C38H68O2/c1-25-20-35(39)31(27-14-9-7-10-15-27)23-33(25)37(3,4)29-18-13-19-30(22-29)38(5,6)34-24-32(36(40)21-26(34)2)28-16-11-8-12-17-28/h25-36,39-40H,7-24H2,1-6H3. The Kier molecular flexibility index (Phi) is 10.1. The molecule has 0 saturated heterocycles. The lowest BCUT2D eigenvalue weighted by molar-refractivity contribution is -0.0898. The molecule has 40 heavy (non-hydrogen) atoms. The summed E-state index contributed by atoms with van der Waals surface area (Å²) in [5.74, 6) is 7.00. The molecule has 232 valence electrons. The Balaban J connectivity index is 1.28. The van der Waals surface area contributed by atoms with Crippen molar-refractivity contribution in [2.45, 2.75) is 169 Å². The Labute approximate surface area is 249 Å². The largest absolute Gasteiger partial charge is 0.393 e. The molecule has 10 atom stereocenters. The molecule has 10 unspecified atom stereocenters. The second kappa shape index (κ2) is 12.9. The minimum atomic E-state index is -0.0663. The second-order valence-corrected chi connectivity index (χ2v) is 17.6. The molecule has 5 rings (SSSR count). The fourth-order valence-corrected chi connectivity index (χ4v) is 12.2. The van der Waals surface area contributed by atoms with Crippen LogP contribution in [0.25, 0.3) is 0 Å². The van der Waals surface area contributed by atoms with Crippen molar-refractivity contribution in [1.82, 2.24) is 0 Å². The van der Waals surface area contributed by atoms with E-state index in [4.69, 9.17) is 0 Å². The third-order valence-corrected chi connectivity index (χ3v) is 14.8. The minimum absolute atomic E-state index is 0.0663. The van der Waals surface area contributed by atoms with Gasteiger partial charge in [-0.3, -0.25) is 0 Å². The van der Waals surface area contributed by atoms with Crippen LogP contribution in [0.1, 0.15) is 157 Å². The molecule has 0 aliphatic heterocycles. The number of hydrogen-bond donors (Lipinski definition) is 2. The van der Waals surface area contributed by atoms with Gasteiger partial charge in [0.1, 0.15) is 0 Å². The molecule has 2 nitrogen and oxygen atoms in total. The third kappa shape index (κ3) is 6.39. The summed E-state index contributed by atoms with van der Waals surface area (Å²) in [6.07, 6.45) is 23.9. The average molecular weight is 557 g/mol. The van der Waals surface area contributed by atoms with E-state index in [-0.39, 0.29) is 12.2 Å². The number of rotatable bonds is 6. The Bertz CT molecular complexity index is 725. The summed E-state index contributed by atoms with van der Waals surface area (Å²) in [7, 11) is 0. The molecule has 0 heterocycles. The molecule has 5 fully saturated rings. The van der Waals surface area contributed by atoms with Crippen molar-refractivity contribution >= 4 is 0 Å². The maximum Gasteiger partial charge on any atom is 0.0573 e. The van der Waals surface area contributed by atoms with Crippen LogP contribution < -0.4 is 0 Å². The fourth-order valence-electron chi connectivity index (χ4n) is 12.2. The summed E-state index contributed by atoms with van der Waals surface area (Å²) >= 11 is 0. The molecule has 0 aromatic heterocycles. The highest BCUT2D eigenvalue weighted by Gasteiger charge is 2.51. The summed E-state index contributed by atoms with van der Waals surface area (Å²) in [6, 6.07) is 0. The van der Waals surface area contributed by atoms with Crippen LogP contribution in [0.15, 0.2) is 0 Å². The number of hydrogen-bond acceptors (Lipinski definition) is 2. The first kappa shape index (κ1) is 31.3. The topological polar surface area (TPSA) is 40.5 Å². The Morgan fingerprint density at radius 1 is 0.450 bits per heavy atom. The van der Waals surface area contributed by atoms with Gasteiger partial charge in [0.05, 0.1) is 12.2 Å². The van der Waals surface area contributed by atoms with Gasteiger partial charge in [0, 0.05) is 0 Å². The van der Waals surface area contributed by atoms with Gasteiger partial charge >= 0.3 is 0 Å². The van der Waals surface area contributed by atoms with Gasteiger partial charge in [-0.25, -0.2) is 0 Å². The first-order chi connectivity index (χ1) is 19.0. The minimum Gasteiger partial charge on any atom is -0.393 e. The van der Waals surface area contributed by atoms with Crippen LogP contribution in [-0.2, 0) is 0 Å². The first-order valence-corrected chi connectivity index (χ1v) is 18.4. The summed E-state index contributed by atoms with van der Waals surface area (Å²) < 4.78 is 0. The van der Waals surface area contributed by atoms with Gasteiger partial charge in [0.15, 0.2) is 0 Å². The highest BCUT2D eigenvalue weighted by atomic mass is 16.3. The van der Waals surface area contributed by atoms with Crippen molar-refractivity contribution in [2.75, 3.05) is 0 Å². The molecule has 5 aliphatic carbocycles. The van der Waals surface area contributed by atoms with E-state index in [1.54, 1.807) is 0 Å². The molecule has 2 N–H and O–H groups in total. The first-order valence-electron chi connectivity index (χ1n) is 18.4. The van der Waals surface area contributed by atoms with Crippen LogP contribution in [0.4, 0.5) is 0 Å². The predicted octanol–water partition coefficient (Wildman–Crippen LogP) is 10.1.